The molecular weight excluding hydrogens is 321 g/mol. The predicted octanol–water partition coefficient (Wildman–Crippen LogP) is 3.10. The summed E-state index contributed by atoms with van der Waals surface area (Å²) in [7, 11) is 1.58. The van der Waals surface area contributed by atoms with Gasteiger partial charge in [0.15, 0.2) is 5.96 Å². The van der Waals surface area contributed by atoms with Gasteiger partial charge in [-0.25, -0.2) is 9.38 Å². The van der Waals surface area contributed by atoms with E-state index in [0.717, 1.165) is 5.56 Å². The summed E-state index contributed by atoms with van der Waals surface area (Å²) in [4.78, 5) is 4.46. The predicted molar refractivity (Wildman–Crippen MR) is 97.5 cm³/mol. The molecule has 0 aliphatic heterocycles. The molecular formula is C19H24FN3O2. The minimum absolute atomic E-state index is 0.185. The van der Waals surface area contributed by atoms with Gasteiger partial charge in [-0.1, -0.05) is 12.1 Å². The quantitative estimate of drug-likeness (QED) is 0.556. The van der Waals surface area contributed by atoms with Crippen LogP contribution >= 0.6 is 0 Å². The molecule has 5 nitrogen and oxygen atoms in total. The maximum absolute atomic E-state index is 13.6. The number of aliphatic imine (C=N–C) groups is 1. The first-order chi connectivity index (χ1) is 12.0. The van der Waals surface area contributed by atoms with Crippen LogP contribution in [0.25, 0.3) is 0 Å². The fourth-order valence-corrected chi connectivity index (χ4v) is 2.26. The van der Waals surface area contributed by atoms with Gasteiger partial charge in [-0.05, 0) is 49.2 Å². The van der Waals surface area contributed by atoms with Crippen LogP contribution in [0, 0.1) is 12.7 Å². The largest absolute Gasteiger partial charge is 0.508 e. The van der Waals surface area contributed by atoms with Gasteiger partial charge in [-0.2, -0.15) is 0 Å². The van der Waals surface area contributed by atoms with Crippen LogP contribution in [0.5, 0.6) is 11.5 Å². The maximum Gasteiger partial charge on any atom is 0.191 e. The summed E-state index contributed by atoms with van der Waals surface area (Å²) < 4.78 is 18.8. The number of nitrogens with one attached hydrogen (secondary N) is 2. The van der Waals surface area contributed by atoms with E-state index in [9.17, 15) is 9.50 Å². The summed E-state index contributed by atoms with van der Waals surface area (Å²) in [5.41, 5.74) is 2.11. The highest BCUT2D eigenvalue weighted by atomic mass is 19.1. The normalized spacial score (nSPS) is 11.3. The third kappa shape index (κ3) is 5.38. The first-order valence-corrected chi connectivity index (χ1v) is 8.16. The van der Waals surface area contributed by atoms with Gasteiger partial charge in [-0.15, -0.1) is 0 Å². The molecule has 2 aromatic carbocycles. The third-order valence-electron chi connectivity index (χ3n) is 3.73. The van der Waals surface area contributed by atoms with Crippen molar-refractivity contribution >= 4 is 5.96 Å². The van der Waals surface area contributed by atoms with Crippen LogP contribution < -0.4 is 15.4 Å². The summed E-state index contributed by atoms with van der Waals surface area (Å²) in [6.07, 6.45) is 0. The highest BCUT2D eigenvalue weighted by molar-refractivity contribution is 5.79. The summed E-state index contributed by atoms with van der Waals surface area (Å²) in [6, 6.07) is 10.2. The number of phenolic OH excluding ortho intramolecular Hbond substituents is 1. The molecule has 6 heteroatoms. The van der Waals surface area contributed by atoms with Crippen molar-refractivity contribution in [2.24, 2.45) is 4.99 Å². The monoisotopic (exact) mass is 345 g/mol. The van der Waals surface area contributed by atoms with E-state index >= 15 is 0 Å². The summed E-state index contributed by atoms with van der Waals surface area (Å²) in [5, 5.41) is 16.2. The molecule has 2 rings (SSSR count). The van der Waals surface area contributed by atoms with Crippen LogP contribution in [0.4, 0.5) is 4.39 Å². The van der Waals surface area contributed by atoms with E-state index in [2.05, 4.69) is 15.6 Å². The Bertz CT molecular complexity index is 747. The molecule has 0 atom stereocenters. The Labute approximate surface area is 147 Å². The number of methoxy groups -OCH3 is 1. The van der Waals surface area contributed by atoms with E-state index in [0.29, 0.717) is 42.5 Å². The van der Waals surface area contributed by atoms with Crippen molar-refractivity contribution in [1.29, 1.82) is 0 Å². The molecule has 3 N–H and O–H groups in total. The molecule has 0 amide bonds. The number of hydrogen-bond acceptors (Lipinski definition) is 3. The van der Waals surface area contributed by atoms with E-state index in [1.807, 2.05) is 13.0 Å². The number of aryl methyl sites for hydroxylation is 1. The molecule has 0 aliphatic rings. The minimum Gasteiger partial charge on any atom is -0.508 e. The zero-order valence-electron chi connectivity index (χ0n) is 14.8. The molecule has 0 bridgehead atoms. The lowest BCUT2D eigenvalue weighted by Gasteiger charge is -2.13. The van der Waals surface area contributed by atoms with Gasteiger partial charge in [0.1, 0.15) is 17.3 Å². The molecule has 0 unspecified atom stereocenters. The van der Waals surface area contributed by atoms with Crippen LogP contribution in [0.15, 0.2) is 41.4 Å². The van der Waals surface area contributed by atoms with E-state index < -0.39 is 0 Å². The second-order valence-electron chi connectivity index (χ2n) is 5.63. The van der Waals surface area contributed by atoms with Crippen molar-refractivity contribution in [3.05, 3.63) is 58.9 Å². The second kappa shape index (κ2) is 8.92. The highest BCUT2D eigenvalue weighted by Crippen LogP contribution is 2.22. The zero-order valence-corrected chi connectivity index (χ0v) is 14.8. The van der Waals surface area contributed by atoms with Gasteiger partial charge in [0.05, 0.1) is 13.7 Å². The standard InChI is InChI=1S/C19H24FN3O2/c1-4-21-19(22-11-14-6-5-13(2)17(20)9-14)23-12-15-10-16(25-3)7-8-18(15)24/h5-10,24H,4,11-12H2,1-3H3,(H2,21,22,23). The van der Waals surface area contributed by atoms with Gasteiger partial charge in [0.2, 0.25) is 0 Å². The Balaban J connectivity index is 2.05. The maximum atomic E-state index is 13.6. The van der Waals surface area contributed by atoms with Gasteiger partial charge in [0.25, 0.3) is 0 Å². The minimum atomic E-state index is -0.230. The molecule has 0 radical (unpaired) electrons. The van der Waals surface area contributed by atoms with Gasteiger partial charge in [-0.3, -0.25) is 0 Å². The van der Waals surface area contributed by atoms with Crippen molar-refractivity contribution < 1.29 is 14.2 Å². The molecule has 0 aliphatic carbocycles. The fourth-order valence-electron chi connectivity index (χ4n) is 2.26. The average Bonchev–Trinajstić information content (AvgIpc) is 2.61. The van der Waals surface area contributed by atoms with Crippen molar-refractivity contribution in [1.82, 2.24) is 10.6 Å². The lowest BCUT2D eigenvalue weighted by atomic mass is 10.1. The molecule has 0 saturated carbocycles. The number of aromatic hydroxyl groups is 1. The number of rotatable bonds is 6. The number of ether oxygens (including phenoxy) is 1. The molecule has 0 fully saturated rings. The second-order valence-corrected chi connectivity index (χ2v) is 5.63. The average molecular weight is 345 g/mol. The van der Waals surface area contributed by atoms with Crippen LogP contribution in [0.3, 0.4) is 0 Å². The van der Waals surface area contributed by atoms with E-state index in [-0.39, 0.29) is 11.6 Å². The van der Waals surface area contributed by atoms with Crippen LogP contribution in [-0.4, -0.2) is 24.7 Å². The first-order valence-electron chi connectivity index (χ1n) is 8.16. The Kier molecular flexibility index (Phi) is 6.62. The molecule has 0 spiro atoms. The Hall–Kier alpha value is -2.76. The number of halogens is 1. The topological polar surface area (TPSA) is 65.9 Å². The molecule has 0 saturated heterocycles. The molecule has 25 heavy (non-hydrogen) atoms. The number of phenols is 1. The van der Waals surface area contributed by atoms with Crippen molar-refractivity contribution in [2.45, 2.75) is 26.9 Å². The third-order valence-corrected chi connectivity index (χ3v) is 3.73. The van der Waals surface area contributed by atoms with Crippen LogP contribution in [-0.2, 0) is 13.1 Å². The van der Waals surface area contributed by atoms with Crippen LogP contribution in [0.1, 0.15) is 23.6 Å². The van der Waals surface area contributed by atoms with Crippen molar-refractivity contribution in [3.63, 3.8) is 0 Å². The van der Waals surface area contributed by atoms with Crippen molar-refractivity contribution in [2.75, 3.05) is 13.7 Å². The van der Waals surface area contributed by atoms with E-state index in [4.69, 9.17) is 4.74 Å². The van der Waals surface area contributed by atoms with E-state index in [1.54, 1.807) is 38.3 Å². The Morgan fingerprint density at radius 2 is 2.00 bits per heavy atom. The fraction of sp³-hybridized carbons (Fsp3) is 0.316. The highest BCUT2D eigenvalue weighted by Gasteiger charge is 2.05. The van der Waals surface area contributed by atoms with Crippen molar-refractivity contribution in [3.8, 4) is 11.5 Å². The van der Waals surface area contributed by atoms with E-state index in [1.165, 1.54) is 6.07 Å². The summed E-state index contributed by atoms with van der Waals surface area (Å²) in [5.74, 6) is 1.22. The number of hydrogen-bond donors (Lipinski definition) is 3. The zero-order chi connectivity index (χ0) is 18.2. The number of nitrogens with zero attached hydrogens (tertiary/aromatic N) is 1. The molecule has 134 valence electrons. The summed E-state index contributed by atoms with van der Waals surface area (Å²) in [6.45, 7) is 5.13. The molecule has 0 heterocycles. The molecule has 2 aromatic rings. The van der Waals surface area contributed by atoms with Gasteiger partial charge < -0.3 is 20.5 Å². The van der Waals surface area contributed by atoms with Gasteiger partial charge >= 0.3 is 0 Å². The number of benzene rings is 2. The lowest BCUT2D eigenvalue weighted by Crippen LogP contribution is -2.36. The number of guanidine groups is 1. The smallest absolute Gasteiger partial charge is 0.191 e. The summed E-state index contributed by atoms with van der Waals surface area (Å²) >= 11 is 0. The lowest BCUT2D eigenvalue weighted by molar-refractivity contribution is 0.410. The van der Waals surface area contributed by atoms with Crippen LogP contribution in [0.2, 0.25) is 0 Å². The molecule has 0 aromatic heterocycles. The SMILES string of the molecule is CCNC(=NCc1ccc(C)c(F)c1)NCc1cc(OC)ccc1O. The Morgan fingerprint density at radius 3 is 2.68 bits per heavy atom. The first kappa shape index (κ1) is 18.6. The van der Waals surface area contributed by atoms with Gasteiger partial charge in [0, 0.05) is 18.7 Å². The Morgan fingerprint density at radius 1 is 1.20 bits per heavy atom.